The molecule has 0 saturated heterocycles. The molecule has 0 aliphatic heterocycles. The van der Waals surface area contributed by atoms with Gasteiger partial charge in [-0.2, -0.15) is 0 Å². The van der Waals surface area contributed by atoms with Crippen molar-refractivity contribution < 1.29 is 10.2 Å². The first kappa shape index (κ1) is 13.0. The monoisotopic (exact) mass is 224 g/mol. The lowest BCUT2D eigenvalue weighted by Gasteiger charge is -2.14. The Kier molecular flexibility index (Phi) is 4.73. The van der Waals surface area contributed by atoms with Gasteiger partial charge >= 0.3 is 0 Å². The van der Waals surface area contributed by atoms with Crippen molar-refractivity contribution in [3.8, 4) is 5.75 Å². The minimum Gasteiger partial charge on any atom is -0.508 e. The fourth-order valence-corrected chi connectivity index (χ4v) is 1.51. The van der Waals surface area contributed by atoms with Gasteiger partial charge in [0, 0.05) is 12.1 Å². The number of nitrogens with two attached hydrogens (primary N) is 1. The first-order valence-electron chi connectivity index (χ1n) is 5.37. The van der Waals surface area contributed by atoms with Crippen LogP contribution < -0.4 is 5.73 Å². The van der Waals surface area contributed by atoms with E-state index in [4.69, 9.17) is 10.8 Å². The van der Waals surface area contributed by atoms with E-state index in [1.807, 2.05) is 26.2 Å². The number of nitrogens with zero attached hydrogens (tertiary/aromatic N) is 1. The Labute approximate surface area is 96.3 Å². The molecule has 0 amide bonds. The van der Waals surface area contributed by atoms with Gasteiger partial charge in [0.2, 0.25) is 0 Å². The number of hydrogen-bond acceptors (Lipinski definition) is 4. The van der Waals surface area contributed by atoms with Crippen molar-refractivity contribution in [1.82, 2.24) is 4.90 Å². The van der Waals surface area contributed by atoms with Crippen molar-refractivity contribution in [3.05, 3.63) is 29.3 Å². The van der Waals surface area contributed by atoms with Crippen LogP contribution in [0.25, 0.3) is 0 Å². The van der Waals surface area contributed by atoms with Crippen molar-refractivity contribution in [3.63, 3.8) is 0 Å². The van der Waals surface area contributed by atoms with Crippen molar-refractivity contribution in [2.24, 2.45) is 5.73 Å². The molecule has 0 aliphatic rings. The lowest BCUT2D eigenvalue weighted by atomic mass is 10.0. The molecule has 1 aromatic rings. The molecular weight excluding hydrogens is 204 g/mol. The predicted octanol–water partition coefficient (Wildman–Crippen LogP) is 0.488. The van der Waals surface area contributed by atoms with Crippen LogP contribution in [0.1, 0.15) is 17.2 Å². The highest BCUT2D eigenvalue weighted by Gasteiger charge is 2.10. The number of phenolic OH excluding ortho intramolecular Hbond substituents is 1. The molecule has 1 rings (SSSR count). The average Bonchev–Trinajstić information content (AvgIpc) is 2.27. The topological polar surface area (TPSA) is 69.7 Å². The molecule has 0 bridgehead atoms. The van der Waals surface area contributed by atoms with E-state index >= 15 is 0 Å². The molecule has 0 aliphatic carbocycles. The molecule has 0 heterocycles. The van der Waals surface area contributed by atoms with Crippen LogP contribution in [0.4, 0.5) is 0 Å². The lowest BCUT2D eigenvalue weighted by Crippen LogP contribution is -2.17. The maximum atomic E-state index is 9.61. The summed E-state index contributed by atoms with van der Waals surface area (Å²) in [6.07, 6.45) is 0.901. The van der Waals surface area contributed by atoms with Gasteiger partial charge in [-0.1, -0.05) is 12.1 Å². The maximum Gasteiger partial charge on any atom is 0.120 e. The van der Waals surface area contributed by atoms with Gasteiger partial charge in [0.05, 0.1) is 12.6 Å². The van der Waals surface area contributed by atoms with Crippen molar-refractivity contribution >= 4 is 0 Å². The van der Waals surface area contributed by atoms with E-state index in [2.05, 4.69) is 4.90 Å². The molecule has 1 unspecified atom stereocenters. The van der Waals surface area contributed by atoms with E-state index < -0.39 is 6.04 Å². The Balaban J connectivity index is 2.81. The SMILES string of the molecule is CN(C)CCc1ccc(O)c(C(N)CO)c1. The maximum absolute atomic E-state index is 9.61. The van der Waals surface area contributed by atoms with E-state index in [1.165, 1.54) is 0 Å². The Bertz CT molecular complexity index is 340. The van der Waals surface area contributed by atoms with Crippen molar-refractivity contribution in [2.45, 2.75) is 12.5 Å². The third-order valence-electron chi connectivity index (χ3n) is 2.54. The largest absolute Gasteiger partial charge is 0.508 e. The van der Waals surface area contributed by atoms with E-state index in [9.17, 15) is 5.11 Å². The first-order chi connectivity index (χ1) is 7.54. The number of aliphatic hydroxyl groups excluding tert-OH is 1. The molecule has 0 saturated carbocycles. The van der Waals surface area contributed by atoms with Crippen LogP contribution in [0, 0.1) is 0 Å². The summed E-state index contributed by atoms with van der Waals surface area (Å²) in [4.78, 5) is 2.10. The van der Waals surface area contributed by atoms with Gasteiger partial charge in [-0.15, -0.1) is 0 Å². The molecule has 0 aromatic heterocycles. The second-order valence-electron chi connectivity index (χ2n) is 4.24. The summed E-state index contributed by atoms with van der Waals surface area (Å²) in [5.74, 6) is 0.148. The second kappa shape index (κ2) is 5.84. The predicted molar refractivity (Wildman–Crippen MR) is 64.4 cm³/mol. The van der Waals surface area contributed by atoms with Gasteiger partial charge in [-0.3, -0.25) is 0 Å². The number of likely N-dealkylation sites (N-methyl/N-ethyl adjacent to an activating group) is 1. The van der Waals surface area contributed by atoms with Gasteiger partial charge in [0.15, 0.2) is 0 Å². The van der Waals surface area contributed by atoms with Crippen molar-refractivity contribution in [2.75, 3.05) is 27.2 Å². The normalized spacial score (nSPS) is 13.1. The summed E-state index contributed by atoms with van der Waals surface area (Å²) in [5, 5.41) is 18.6. The fourth-order valence-electron chi connectivity index (χ4n) is 1.51. The molecule has 4 nitrogen and oxygen atoms in total. The zero-order valence-corrected chi connectivity index (χ0v) is 9.85. The molecule has 0 fully saturated rings. The molecule has 0 radical (unpaired) electrons. The summed E-state index contributed by atoms with van der Waals surface area (Å²) >= 11 is 0. The number of phenols is 1. The molecule has 16 heavy (non-hydrogen) atoms. The van der Waals surface area contributed by atoms with E-state index in [1.54, 1.807) is 6.07 Å². The summed E-state index contributed by atoms with van der Waals surface area (Å²) in [6, 6.07) is 4.86. The zero-order valence-electron chi connectivity index (χ0n) is 9.85. The average molecular weight is 224 g/mol. The standard InChI is InChI=1S/C12H20N2O2/c1-14(2)6-5-9-3-4-12(16)10(7-9)11(13)8-15/h3-4,7,11,15-16H,5-6,8,13H2,1-2H3. The smallest absolute Gasteiger partial charge is 0.120 e. The van der Waals surface area contributed by atoms with Crippen LogP contribution in [-0.4, -0.2) is 42.4 Å². The van der Waals surface area contributed by atoms with Gasteiger partial charge in [0.25, 0.3) is 0 Å². The molecule has 4 heteroatoms. The van der Waals surface area contributed by atoms with Gasteiger partial charge in [-0.25, -0.2) is 0 Å². The van der Waals surface area contributed by atoms with Crippen LogP contribution in [0.2, 0.25) is 0 Å². The van der Waals surface area contributed by atoms with E-state index in [0.29, 0.717) is 5.56 Å². The Hall–Kier alpha value is -1.10. The Morgan fingerprint density at radius 1 is 1.38 bits per heavy atom. The van der Waals surface area contributed by atoms with Crippen LogP contribution in [-0.2, 0) is 6.42 Å². The number of hydrogen-bond donors (Lipinski definition) is 3. The summed E-state index contributed by atoms with van der Waals surface area (Å²) < 4.78 is 0. The third-order valence-corrected chi connectivity index (χ3v) is 2.54. The molecule has 1 atom stereocenters. The number of aromatic hydroxyl groups is 1. The quantitative estimate of drug-likeness (QED) is 0.680. The first-order valence-corrected chi connectivity index (χ1v) is 5.37. The molecule has 90 valence electrons. The number of rotatable bonds is 5. The lowest BCUT2D eigenvalue weighted by molar-refractivity contribution is 0.265. The van der Waals surface area contributed by atoms with Crippen LogP contribution in [0.5, 0.6) is 5.75 Å². The van der Waals surface area contributed by atoms with Gasteiger partial charge < -0.3 is 20.8 Å². The molecular formula is C12H20N2O2. The number of benzene rings is 1. The van der Waals surface area contributed by atoms with Crippen molar-refractivity contribution in [1.29, 1.82) is 0 Å². The van der Waals surface area contributed by atoms with E-state index in [-0.39, 0.29) is 12.4 Å². The molecule has 1 aromatic carbocycles. The highest BCUT2D eigenvalue weighted by molar-refractivity contribution is 5.38. The minimum absolute atomic E-state index is 0.148. The molecule has 4 N–H and O–H groups in total. The van der Waals surface area contributed by atoms with E-state index in [0.717, 1.165) is 18.5 Å². The highest BCUT2D eigenvalue weighted by Crippen LogP contribution is 2.23. The second-order valence-corrected chi connectivity index (χ2v) is 4.24. The minimum atomic E-state index is -0.515. The number of aliphatic hydroxyl groups is 1. The van der Waals surface area contributed by atoms with Crippen LogP contribution in [0.15, 0.2) is 18.2 Å². The highest BCUT2D eigenvalue weighted by atomic mass is 16.3. The Morgan fingerprint density at radius 3 is 2.62 bits per heavy atom. The summed E-state index contributed by atoms with van der Waals surface area (Å²) in [5.41, 5.74) is 7.43. The third kappa shape index (κ3) is 3.48. The molecule has 0 spiro atoms. The van der Waals surface area contributed by atoms with Gasteiger partial charge in [0.1, 0.15) is 5.75 Å². The van der Waals surface area contributed by atoms with Gasteiger partial charge in [-0.05, 0) is 32.1 Å². The summed E-state index contributed by atoms with van der Waals surface area (Å²) in [6.45, 7) is 0.781. The van der Waals surface area contributed by atoms with Crippen LogP contribution in [0.3, 0.4) is 0 Å². The zero-order chi connectivity index (χ0) is 12.1. The Morgan fingerprint density at radius 2 is 2.06 bits per heavy atom. The summed E-state index contributed by atoms with van der Waals surface area (Å²) in [7, 11) is 4.03. The van der Waals surface area contributed by atoms with Crippen LogP contribution >= 0.6 is 0 Å². The fraction of sp³-hybridized carbons (Fsp3) is 0.500.